The number of hydrogen-bond acceptors (Lipinski definition) is 5. The van der Waals surface area contributed by atoms with Crippen LogP contribution >= 0.6 is 0 Å². The molecule has 0 amide bonds. The van der Waals surface area contributed by atoms with Gasteiger partial charge in [-0.1, -0.05) is 18.5 Å². The minimum absolute atomic E-state index is 0.0123. The SMILES string of the molecule is CCCC(OCC)c1noc(CC2CC3CCC(C2)N3)n1. The number of nitrogens with one attached hydrogen (secondary N) is 1. The first-order valence-corrected chi connectivity index (χ1v) is 8.48. The van der Waals surface area contributed by atoms with Crippen molar-refractivity contribution in [2.45, 2.75) is 77.0 Å². The molecule has 0 aliphatic carbocycles. The van der Waals surface area contributed by atoms with Crippen molar-refractivity contribution in [1.82, 2.24) is 15.5 Å². The number of fused-ring (bicyclic) bond motifs is 2. The van der Waals surface area contributed by atoms with Gasteiger partial charge in [-0.2, -0.15) is 4.98 Å². The van der Waals surface area contributed by atoms with Gasteiger partial charge in [-0.25, -0.2) is 0 Å². The fraction of sp³-hybridized carbons (Fsp3) is 0.875. The van der Waals surface area contributed by atoms with E-state index in [2.05, 4.69) is 22.4 Å². The Morgan fingerprint density at radius 1 is 1.29 bits per heavy atom. The highest BCUT2D eigenvalue weighted by Gasteiger charge is 2.34. The van der Waals surface area contributed by atoms with Gasteiger partial charge in [-0.3, -0.25) is 0 Å². The van der Waals surface area contributed by atoms with Crippen molar-refractivity contribution in [1.29, 1.82) is 0 Å². The second-order valence-corrected chi connectivity index (χ2v) is 6.46. The maximum atomic E-state index is 5.72. The summed E-state index contributed by atoms with van der Waals surface area (Å²) in [6, 6.07) is 1.43. The van der Waals surface area contributed by atoms with Crippen LogP contribution in [0.4, 0.5) is 0 Å². The van der Waals surface area contributed by atoms with E-state index in [4.69, 9.17) is 9.26 Å². The van der Waals surface area contributed by atoms with Gasteiger partial charge in [0.25, 0.3) is 0 Å². The molecule has 2 aliphatic rings. The van der Waals surface area contributed by atoms with E-state index >= 15 is 0 Å². The number of hydrogen-bond donors (Lipinski definition) is 1. The van der Waals surface area contributed by atoms with Crippen molar-refractivity contribution < 1.29 is 9.26 Å². The van der Waals surface area contributed by atoms with Gasteiger partial charge < -0.3 is 14.6 Å². The van der Waals surface area contributed by atoms with Crippen LogP contribution in [0.2, 0.25) is 0 Å². The largest absolute Gasteiger partial charge is 0.370 e. The zero-order valence-corrected chi connectivity index (χ0v) is 13.2. The van der Waals surface area contributed by atoms with Gasteiger partial charge in [0.15, 0.2) is 0 Å². The molecule has 2 saturated heterocycles. The summed E-state index contributed by atoms with van der Waals surface area (Å²) >= 11 is 0. The summed E-state index contributed by atoms with van der Waals surface area (Å²) in [6.07, 6.45) is 8.08. The fourth-order valence-electron chi connectivity index (χ4n) is 3.82. The van der Waals surface area contributed by atoms with Crippen molar-refractivity contribution in [2.24, 2.45) is 5.92 Å². The van der Waals surface area contributed by atoms with E-state index < -0.39 is 0 Å². The molecule has 0 saturated carbocycles. The molecule has 2 bridgehead atoms. The highest BCUT2D eigenvalue weighted by Crippen LogP contribution is 2.32. The molecule has 3 unspecified atom stereocenters. The molecule has 3 heterocycles. The molecule has 0 aromatic carbocycles. The molecule has 2 fully saturated rings. The summed E-state index contributed by atoms with van der Waals surface area (Å²) in [6.45, 7) is 4.85. The topological polar surface area (TPSA) is 60.2 Å². The van der Waals surface area contributed by atoms with E-state index in [1.165, 1.54) is 25.7 Å². The molecule has 3 atom stereocenters. The molecule has 1 aromatic rings. The van der Waals surface area contributed by atoms with Gasteiger partial charge in [-0.15, -0.1) is 0 Å². The Balaban J connectivity index is 1.59. The van der Waals surface area contributed by atoms with Crippen LogP contribution in [0.5, 0.6) is 0 Å². The van der Waals surface area contributed by atoms with Crippen molar-refractivity contribution in [3.8, 4) is 0 Å². The lowest BCUT2D eigenvalue weighted by atomic mass is 9.90. The smallest absolute Gasteiger partial charge is 0.227 e. The average Bonchev–Trinajstić information content (AvgIpc) is 3.06. The third-order valence-electron chi connectivity index (χ3n) is 4.72. The number of nitrogens with zero attached hydrogens (tertiary/aromatic N) is 2. The third-order valence-corrected chi connectivity index (χ3v) is 4.72. The number of aromatic nitrogens is 2. The number of ether oxygens (including phenoxy) is 1. The van der Waals surface area contributed by atoms with E-state index in [0.29, 0.717) is 24.6 Å². The first kappa shape index (κ1) is 15.0. The summed E-state index contributed by atoms with van der Waals surface area (Å²) in [5, 5.41) is 7.82. The van der Waals surface area contributed by atoms with E-state index in [1.807, 2.05) is 6.92 Å². The summed E-state index contributed by atoms with van der Waals surface area (Å²) in [7, 11) is 0. The van der Waals surface area contributed by atoms with Crippen molar-refractivity contribution >= 4 is 0 Å². The van der Waals surface area contributed by atoms with Crippen LogP contribution in [-0.4, -0.2) is 28.8 Å². The Morgan fingerprint density at radius 3 is 2.71 bits per heavy atom. The van der Waals surface area contributed by atoms with Crippen molar-refractivity contribution in [2.75, 3.05) is 6.61 Å². The van der Waals surface area contributed by atoms with Crippen LogP contribution in [0.3, 0.4) is 0 Å². The van der Waals surface area contributed by atoms with Gasteiger partial charge in [0, 0.05) is 25.1 Å². The molecule has 2 aliphatic heterocycles. The Hall–Kier alpha value is -0.940. The van der Waals surface area contributed by atoms with Crippen molar-refractivity contribution in [3.63, 3.8) is 0 Å². The van der Waals surface area contributed by atoms with Gasteiger partial charge in [0.2, 0.25) is 11.7 Å². The summed E-state index contributed by atoms with van der Waals surface area (Å²) in [5.74, 6) is 2.21. The molecule has 1 N–H and O–H groups in total. The van der Waals surface area contributed by atoms with E-state index in [9.17, 15) is 0 Å². The minimum Gasteiger partial charge on any atom is -0.370 e. The van der Waals surface area contributed by atoms with Crippen LogP contribution in [0, 0.1) is 5.92 Å². The third kappa shape index (κ3) is 3.64. The Labute approximate surface area is 126 Å². The first-order chi connectivity index (χ1) is 10.3. The Morgan fingerprint density at radius 2 is 2.05 bits per heavy atom. The molecule has 3 rings (SSSR count). The summed E-state index contributed by atoms with van der Waals surface area (Å²) < 4.78 is 11.2. The Kier molecular flexibility index (Phi) is 4.91. The second kappa shape index (κ2) is 6.88. The van der Waals surface area contributed by atoms with Gasteiger partial charge in [-0.05, 0) is 44.9 Å². The molecule has 5 nitrogen and oxygen atoms in total. The highest BCUT2D eigenvalue weighted by atomic mass is 16.5. The lowest BCUT2D eigenvalue weighted by Crippen LogP contribution is -2.38. The van der Waals surface area contributed by atoms with Crippen LogP contribution in [0.1, 0.15) is 70.2 Å². The monoisotopic (exact) mass is 293 g/mol. The van der Waals surface area contributed by atoms with E-state index in [-0.39, 0.29) is 6.10 Å². The van der Waals surface area contributed by atoms with Crippen LogP contribution in [0.15, 0.2) is 4.52 Å². The molecule has 21 heavy (non-hydrogen) atoms. The minimum atomic E-state index is -0.0123. The van der Waals surface area contributed by atoms with Crippen LogP contribution in [0.25, 0.3) is 0 Å². The predicted molar refractivity (Wildman–Crippen MR) is 79.9 cm³/mol. The molecular weight excluding hydrogens is 266 g/mol. The standard InChI is InChI=1S/C16H27N3O2/c1-3-5-14(20-4-2)16-18-15(21-19-16)10-11-8-12-6-7-13(9-11)17-12/h11-14,17H,3-10H2,1-2H3. The summed E-state index contributed by atoms with van der Waals surface area (Å²) in [4.78, 5) is 4.59. The number of rotatable bonds is 7. The lowest BCUT2D eigenvalue weighted by molar-refractivity contribution is 0.0477. The lowest BCUT2D eigenvalue weighted by Gasteiger charge is -2.28. The van der Waals surface area contributed by atoms with Crippen LogP contribution < -0.4 is 5.32 Å². The quantitative estimate of drug-likeness (QED) is 0.837. The molecular formula is C16H27N3O2. The van der Waals surface area contributed by atoms with E-state index in [1.54, 1.807) is 0 Å². The maximum Gasteiger partial charge on any atom is 0.227 e. The average molecular weight is 293 g/mol. The fourth-order valence-corrected chi connectivity index (χ4v) is 3.82. The molecule has 0 spiro atoms. The zero-order valence-electron chi connectivity index (χ0n) is 13.2. The Bertz CT molecular complexity index is 430. The first-order valence-electron chi connectivity index (χ1n) is 8.48. The van der Waals surface area contributed by atoms with Gasteiger partial charge in [0.1, 0.15) is 6.10 Å². The molecule has 1 aromatic heterocycles. The molecule has 118 valence electrons. The van der Waals surface area contributed by atoms with Gasteiger partial charge in [0.05, 0.1) is 0 Å². The molecule has 5 heteroatoms. The van der Waals surface area contributed by atoms with Crippen LogP contribution in [-0.2, 0) is 11.2 Å². The van der Waals surface area contributed by atoms with Gasteiger partial charge >= 0.3 is 0 Å². The second-order valence-electron chi connectivity index (χ2n) is 6.46. The molecule has 0 radical (unpaired) electrons. The predicted octanol–water partition coefficient (Wildman–Crippen LogP) is 3.02. The normalized spacial score (nSPS) is 29.7. The number of piperidine rings is 1. The van der Waals surface area contributed by atoms with Crippen molar-refractivity contribution in [3.05, 3.63) is 11.7 Å². The van der Waals surface area contributed by atoms with E-state index in [0.717, 1.165) is 31.0 Å². The summed E-state index contributed by atoms with van der Waals surface area (Å²) in [5.41, 5.74) is 0. The zero-order chi connectivity index (χ0) is 14.7. The highest BCUT2D eigenvalue weighted by molar-refractivity contribution is 4.97. The maximum absolute atomic E-state index is 5.72.